The number of nitrogens with one attached hydrogen (secondary N) is 2. The maximum atomic E-state index is 12.7. The Hall–Kier alpha value is -2.74. The second-order valence-electron chi connectivity index (χ2n) is 5.11. The van der Waals surface area contributed by atoms with Gasteiger partial charge in [-0.25, -0.2) is 4.79 Å². The van der Waals surface area contributed by atoms with Crippen LogP contribution < -0.4 is 10.6 Å². The van der Waals surface area contributed by atoms with Crippen LogP contribution in [0.5, 0.6) is 0 Å². The molecule has 0 aromatic heterocycles. The van der Waals surface area contributed by atoms with Gasteiger partial charge in [-0.2, -0.15) is 13.2 Å². The average molecular weight is 387 g/mol. The van der Waals surface area contributed by atoms with E-state index >= 15 is 0 Å². The van der Waals surface area contributed by atoms with Gasteiger partial charge in [0.1, 0.15) is 0 Å². The van der Waals surface area contributed by atoms with Crippen molar-refractivity contribution in [3.05, 3.63) is 58.6 Å². The third-order valence-corrected chi connectivity index (χ3v) is 3.65. The minimum atomic E-state index is -4.58. The monoisotopic (exact) mass is 386 g/mol. The standard InChI is InChI=1S/C17H14ClF3N2O3/c1-22-13-5-3-2-4-11(13)16(25)26-9-15(24)23-14-8-10(17(19,20)21)6-7-12(14)18/h2-8,22H,9H2,1H3,(H,23,24). The van der Waals surface area contributed by atoms with E-state index in [4.69, 9.17) is 16.3 Å². The van der Waals surface area contributed by atoms with Crippen LogP contribution in [0.25, 0.3) is 0 Å². The van der Waals surface area contributed by atoms with Crippen LogP contribution in [0.2, 0.25) is 5.02 Å². The Kier molecular flexibility index (Phi) is 6.10. The summed E-state index contributed by atoms with van der Waals surface area (Å²) in [6, 6.07) is 9.03. The van der Waals surface area contributed by atoms with E-state index in [-0.39, 0.29) is 16.3 Å². The third kappa shape index (κ3) is 4.89. The highest BCUT2D eigenvalue weighted by molar-refractivity contribution is 6.33. The molecule has 0 saturated heterocycles. The molecule has 0 unspecified atom stereocenters. The van der Waals surface area contributed by atoms with E-state index in [1.54, 1.807) is 25.2 Å². The van der Waals surface area contributed by atoms with Gasteiger partial charge in [-0.1, -0.05) is 23.7 Å². The fourth-order valence-electron chi connectivity index (χ4n) is 2.07. The molecule has 138 valence electrons. The van der Waals surface area contributed by atoms with Crippen molar-refractivity contribution in [2.45, 2.75) is 6.18 Å². The molecule has 2 aromatic rings. The summed E-state index contributed by atoms with van der Waals surface area (Å²) in [5.41, 5.74) is -0.450. The van der Waals surface area contributed by atoms with E-state index in [1.807, 2.05) is 0 Å². The Morgan fingerprint density at radius 1 is 1.12 bits per heavy atom. The molecule has 0 spiro atoms. The van der Waals surface area contributed by atoms with Crippen molar-refractivity contribution in [3.63, 3.8) is 0 Å². The molecule has 2 rings (SSSR count). The fourth-order valence-corrected chi connectivity index (χ4v) is 2.24. The molecule has 0 aliphatic carbocycles. The lowest BCUT2D eigenvalue weighted by Gasteiger charge is -2.12. The Morgan fingerprint density at radius 3 is 2.46 bits per heavy atom. The van der Waals surface area contributed by atoms with E-state index in [2.05, 4.69) is 10.6 Å². The summed E-state index contributed by atoms with van der Waals surface area (Å²) in [5.74, 6) is -1.57. The first-order valence-electron chi connectivity index (χ1n) is 7.33. The molecule has 0 saturated carbocycles. The van der Waals surface area contributed by atoms with Crippen LogP contribution in [-0.4, -0.2) is 25.5 Å². The molecule has 9 heteroatoms. The molecule has 0 atom stereocenters. The van der Waals surface area contributed by atoms with Crippen molar-refractivity contribution in [1.82, 2.24) is 0 Å². The second kappa shape index (κ2) is 8.09. The lowest BCUT2D eigenvalue weighted by atomic mass is 10.2. The molecule has 0 aliphatic rings. The van der Waals surface area contributed by atoms with Crippen LogP contribution in [0.15, 0.2) is 42.5 Å². The SMILES string of the molecule is CNc1ccccc1C(=O)OCC(=O)Nc1cc(C(F)(F)F)ccc1Cl. The first kappa shape index (κ1) is 19.6. The quantitative estimate of drug-likeness (QED) is 0.756. The zero-order valence-corrected chi connectivity index (χ0v) is 14.2. The van der Waals surface area contributed by atoms with Crippen molar-refractivity contribution >= 4 is 34.9 Å². The number of rotatable bonds is 5. The molecule has 0 heterocycles. The van der Waals surface area contributed by atoms with E-state index in [9.17, 15) is 22.8 Å². The number of para-hydroxylation sites is 1. The number of anilines is 2. The zero-order valence-electron chi connectivity index (χ0n) is 13.5. The second-order valence-corrected chi connectivity index (χ2v) is 5.52. The Balaban J connectivity index is 2.02. The lowest BCUT2D eigenvalue weighted by Crippen LogP contribution is -2.21. The first-order chi connectivity index (χ1) is 12.2. The van der Waals surface area contributed by atoms with E-state index in [0.717, 1.165) is 12.1 Å². The van der Waals surface area contributed by atoms with Crippen LogP contribution in [0.4, 0.5) is 24.5 Å². The highest BCUT2D eigenvalue weighted by Crippen LogP contribution is 2.33. The number of ether oxygens (including phenoxy) is 1. The summed E-state index contributed by atoms with van der Waals surface area (Å²) >= 11 is 5.79. The molecule has 0 aliphatic heterocycles. The Bertz CT molecular complexity index is 825. The number of carbonyl (C=O) groups is 2. The van der Waals surface area contributed by atoms with Gasteiger partial charge in [0.2, 0.25) is 0 Å². The van der Waals surface area contributed by atoms with Gasteiger partial charge in [0.05, 0.1) is 21.8 Å². The van der Waals surface area contributed by atoms with Crippen molar-refractivity contribution in [2.75, 3.05) is 24.3 Å². The highest BCUT2D eigenvalue weighted by atomic mass is 35.5. The number of alkyl halides is 3. The summed E-state index contributed by atoms with van der Waals surface area (Å²) < 4.78 is 43.0. The van der Waals surface area contributed by atoms with Gasteiger partial charge < -0.3 is 15.4 Å². The molecule has 5 nitrogen and oxygen atoms in total. The third-order valence-electron chi connectivity index (χ3n) is 3.32. The van der Waals surface area contributed by atoms with E-state index < -0.39 is 30.2 Å². The first-order valence-corrected chi connectivity index (χ1v) is 7.70. The lowest BCUT2D eigenvalue weighted by molar-refractivity contribution is -0.137. The summed E-state index contributed by atoms with van der Waals surface area (Å²) in [7, 11) is 1.62. The summed E-state index contributed by atoms with van der Waals surface area (Å²) in [6.45, 7) is -0.677. The number of benzene rings is 2. The molecule has 26 heavy (non-hydrogen) atoms. The van der Waals surface area contributed by atoms with E-state index in [0.29, 0.717) is 11.8 Å². The predicted molar refractivity (Wildman–Crippen MR) is 91.4 cm³/mol. The molecule has 2 N–H and O–H groups in total. The van der Waals surface area contributed by atoms with Crippen LogP contribution >= 0.6 is 11.6 Å². The van der Waals surface area contributed by atoms with Crippen LogP contribution in [-0.2, 0) is 15.7 Å². The number of halogens is 4. The summed E-state index contributed by atoms with van der Waals surface area (Å²) in [5, 5.41) is 4.93. The van der Waals surface area contributed by atoms with Crippen LogP contribution in [0.3, 0.4) is 0 Å². The average Bonchev–Trinajstić information content (AvgIpc) is 2.60. The van der Waals surface area contributed by atoms with Gasteiger partial charge in [-0.05, 0) is 30.3 Å². The van der Waals surface area contributed by atoms with Gasteiger partial charge in [0, 0.05) is 12.7 Å². The zero-order chi connectivity index (χ0) is 19.3. The summed E-state index contributed by atoms with van der Waals surface area (Å²) in [6.07, 6.45) is -4.58. The molecular formula is C17H14ClF3N2O3. The normalized spacial score (nSPS) is 11.0. The fraction of sp³-hybridized carbons (Fsp3) is 0.176. The number of esters is 1. The number of amides is 1. The molecule has 0 bridgehead atoms. The maximum Gasteiger partial charge on any atom is 0.416 e. The van der Waals surface area contributed by atoms with Gasteiger partial charge in [-0.3, -0.25) is 4.79 Å². The minimum Gasteiger partial charge on any atom is -0.452 e. The largest absolute Gasteiger partial charge is 0.452 e. The van der Waals surface area contributed by atoms with Crippen molar-refractivity contribution in [3.8, 4) is 0 Å². The highest BCUT2D eigenvalue weighted by Gasteiger charge is 2.31. The van der Waals surface area contributed by atoms with Crippen molar-refractivity contribution in [1.29, 1.82) is 0 Å². The predicted octanol–water partition coefficient (Wildman–Crippen LogP) is 4.20. The number of hydrogen-bond acceptors (Lipinski definition) is 4. The Labute approximate surface area is 152 Å². The van der Waals surface area contributed by atoms with Crippen molar-refractivity contribution in [2.24, 2.45) is 0 Å². The smallest absolute Gasteiger partial charge is 0.416 e. The van der Waals surface area contributed by atoms with E-state index in [1.165, 1.54) is 6.07 Å². The van der Waals surface area contributed by atoms with Crippen LogP contribution in [0.1, 0.15) is 15.9 Å². The number of hydrogen-bond donors (Lipinski definition) is 2. The minimum absolute atomic E-state index is 0.0711. The summed E-state index contributed by atoms with van der Waals surface area (Å²) in [4.78, 5) is 23.9. The van der Waals surface area contributed by atoms with Crippen LogP contribution in [0, 0.1) is 0 Å². The molecule has 1 amide bonds. The molecule has 2 aromatic carbocycles. The molecule has 0 fully saturated rings. The topological polar surface area (TPSA) is 67.4 Å². The molecular weight excluding hydrogens is 373 g/mol. The van der Waals surface area contributed by atoms with Crippen molar-refractivity contribution < 1.29 is 27.5 Å². The van der Waals surface area contributed by atoms with Gasteiger partial charge in [0.15, 0.2) is 6.61 Å². The number of carbonyl (C=O) groups excluding carboxylic acids is 2. The van der Waals surface area contributed by atoms with Gasteiger partial charge in [-0.15, -0.1) is 0 Å². The van der Waals surface area contributed by atoms with Gasteiger partial charge in [0.25, 0.3) is 5.91 Å². The Morgan fingerprint density at radius 2 is 1.81 bits per heavy atom. The molecule has 0 radical (unpaired) electrons. The maximum absolute atomic E-state index is 12.7. The van der Waals surface area contributed by atoms with Gasteiger partial charge >= 0.3 is 12.1 Å².